The number of likely N-dealkylation sites (N-methyl/N-ethyl adjacent to an activating group) is 2. The molecular formula is C28H38N6O. The number of hydrogen-bond acceptors (Lipinski definition) is 6. The third-order valence-electron chi connectivity index (χ3n) is 7.68. The van der Waals surface area contributed by atoms with E-state index in [1.807, 2.05) is 0 Å². The van der Waals surface area contributed by atoms with E-state index in [9.17, 15) is 4.79 Å². The van der Waals surface area contributed by atoms with Gasteiger partial charge in [0.25, 0.3) is 0 Å². The molecule has 7 nitrogen and oxygen atoms in total. The van der Waals surface area contributed by atoms with Crippen LogP contribution >= 0.6 is 0 Å². The first-order valence-electron chi connectivity index (χ1n) is 12.9. The molecule has 0 aliphatic carbocycles. The summed E-state index contributed by atoms with van der Waals surface area (Å²) in [6, 6.07) is 15.5. The summed E-state index contributed by atoms with van der Waals surface area (Å²) in [6.07, 6.45) is 0.795. The molecule has 3 heterocycles. The van der Waals surface area contributed by atoms with E-state index < -0.39 is 0 Å². The van der Waals surface area contributed by atoms with Crippen molar-refractivity contribution in [1.82, 2.24) is 14.8 Å². The highest BCUT2D eigenvalue weighted by atomic mass is 16.2. The maximum absolute atomic E-state index is 12.5. The number of anilines is 2. The fourth-order valence-corrected chi connectivity index (χ4v) is 5.40. The second kappa shape index (κ2) is 9.99. The summed E-state index contributed by atoms with van der Waals surface area (Å²) in [6.45, 7) is 12.2. The summed E-state index contributed by atoms with van der Waals surface area (Å²) >= 11 is 0. The fourth-order valence-electron chi connectivity index (χ4n) is 5.40. The van der Waals surface area contributed by atoms with Gasteiger partial charge >= 0.3 is 0 Å². The summed E-state index contributed by atoms with van der Waals surface area (Å²) < 4.78 is 0. The zero-order chi connectivity index (χ0) is 24.5. The molecular weight excluding hydrogens is 436 g/mol. The Kier molecular flexibility index (Phi) is 6.80. The van der Waals surface area contributed by atoms with E-state index in [-0.39, 0.29) is 11.9 Å². The minimum absolute atomic E-state index is 0.0103. The van der Waals surface area contributed by atoms with Gasteiger partial charge in [0, 0.05) is 81.8 Å². The largest absolute Gasteiger partial charge is 0.369 e. The van der Waals surface area contributed by atoms with Crippen molar-refractivity contribution >= 4 is 23.0 Å². The molecule has 0 radical (unpaired) electrons. The quantitative estimate of drug-likeness (QED) is 0.685. The summed E-state index contributed by atoms with van der Waals surface area (Å²) in [5.41, 5.74) is 6.85. The number of piperazine rings is 2. The van der Waals surface area contributed by atoms with Crippen molar-refractivity contribution < 1.29 is 4.79 Å². The highest BCUT2D eigenvalue weighted by molar-refractivity contribution is 6.14. The molecule has 1 amide bonds. The van der Waals surface area contributed by atoms with Gasteiger partial charge in [-0.25, -0.2) is 5.01 Å². The minimum atomic E-state index is -0.0174. The first-order chi connectivity index (χ1) is 16.9. The number of hydrogen-bond donors (Lipinski definition) is 0. The molecule has 2 saturated heterocycles. The van der Waals surface area contributed by atoms with Gasteiger partial charge in [0.1, 0.15) is 0 Å². The van der Waals surface area contributed by atoms with E-state index in [0.717, 1.165) is 75.6 Å². The van der Waals surface area contributed by atoms with Crippen LogP contribution in [0.3, 0.4) is 0 Å². The molecule has 1 atom stereocenters. The number of hydrazone groups is 1. The van der Waals surface area contributed by atoms with E-state index in [2.05, 4.69) is 83.1 Å². The Labute approximate surface area is 209 Å². The van der Waals surface area contributed by atoms with Gasteiger partial charge in [-0.15, -0.1) is 0 Å². The summed E-state index contributed by atoms with van der Waals surface area (Å²) in [7, 11) is 4.36. The summed E-state index contributed by atoms with van der Waals surface area (Å²) in [5.74, 6) is -0.0174. The molecule has 2 aromatic carbocycles. The van der Waals surface area contributed by atoms with Gasteiger partial charge in [0.05, 0.1) is 11.8 Å². The van der Waals surface area contributed by atoms with Crippen LogP contribution in [0.4, 0.5) is 11.4 Å². The number of nitrogens with zero attached hydrogens (tertiary/aromatic N) is 6. The Morgan fingerprint density at radius 3 is 1.91 bits per heavy atom. The van der Waals surface area contributed by atoms with Crippen LogP contribution in [0, 0.1) is 0 Å². The standard InChI is InChI=1S/C28H38N6O/c1-21-19-24-20-26(33-17-13-31(4)14-18-33)9-10-27(24)28(29-34(21)22(2)35)23-5-7-25(8-6-23)32-15-11-30(3)12-16-32/h5-10,20-21H,11-19H2,1-4H3. The Hall–Kier alpha value is -2.90. The Morgan fingerprint density at radius 1 is 0.800 bits per heavy atom. The van der Waals surface area contributed by atoms with E-state index >= 15 is 0 Å². The topological polar surface area (TPSA) is 45.6 Å². The molecule has 0 bridgehead atoms. The second-order valence-electron chi connectivity index (χ2n) is 10.3. The lowest BCUT2D eigenvalue weighted by molar-refractivity contribution is -0.130. The normalized spacial score (nSPS) is 22.0. The highest BCUT2D eigenvalue weighted by Crippen LogP contribution is 2.29. The molecule has 0 spiro atoms. The van der Waals surface area contributed by atoms with Crippen molar-refractivity contribution in [3.8, 4) is 0 Å². The van der Waals surface area contributed by atoms with Gasteiger partial charge < -0.3 is 19.6 Å². The van der Waals surface area contributed by atoms with Crippen LogP contribution in [0.5, 0.6) is 0 Å². The predicted octanol–water partition coefficient (Wildman–Crippen LogP) is 2.74. The molecule has 0 N–H and O–H groups in total. The summed E-state index contributed by atoms with van der Waals surface area (Å²) in [5, 5.41) is 6.60. The average molecular weight is 475 g/mol. The highest BCUT2D eigenvalue weighted by Gasteiger charge is 2.27. The Bertz CT molecular complexity index is 1080. The third kappa shape index (κ3) is 5.07. The van der Waals surface area contributed by atoms with Gasteiger partial charge in [-0.05, 0) is 57.3 Å². The number of amides is 1. The van der Waals surface area contributed by atoms with Gasteiger partial charge in [-0.2, -0.15) is 5.10 Å². The molecule has 7 heteroatoms. The third-order valence-corrected chi connectivity index (χ3v) is 7.68. The van der Waals surface area contributed by atoms with Gasteiger partial charge in [-0.3, -0.25) is 4.79 Å². The lowest BCUT2D eigenvalue weighted by Crippen LogP contribution is -2.44. The van der Waals surface area contributed by atoms with Crippen LogP contribution < -0.4 is 9.80 Å². The second-order valence-corrected chi connectivity index (χ2v) is 10.3. The fraction of sp³-hybridized carbons (Fsp3) is 0.500. The SMILES string of the molecule is CC(=O)N1N=C(c2ccc(N3CCN(C)CC3)cc2)c2ccc(N3CCN(C)CC3)cc2CC1C. The van der Waals surface area contributed by atoms with Crippen molar-refractivity contribution in [3.63, 3.8) is 0 Å². The lowest BCUT2D eigenvalue weighted by Gasteiger charge is -2.34. The van der Waals surface area contributed by atoms with E-state index in [1.54, 1.807) is 11.9 Å². The van der Waals surface area contributed by atoms with Crippen LogP contribution in [-0.2, 0) is 11.2 Å². The predicted molar refractivity (Wildman–Crippen MR) is 144 cm³/mol. The van der Waals surface area contributed by atoms with E-state index in [4.69, 9.17) is 5.10 Å². The van der Waals surface area contributed by atoms with Gasteiger partial charge in [-0.1, -0.05) is 18.2 Å². The number of rotatable bonds is 3. The maximum atomic E-state index is 12.5. The zero-order valence-corrected chi connectivity index (χ0v) is 21.6. The molecule has 186 valence electrons. The molecule has 2 fully saturated rings. The lowest BCUT2D eigenvalue weighted by atomic mass is 9.93. The smallest absolute Gasteiger partial charge is 0.239 e. The van der Waals surface area contributed by atoms with Gasteiger partial charge in [0.15, 0.2) is 0 Å². The van der Waals surface area contributed by atoms with Crippen molar-refractivity contribution in [2.45, 2.75) is 26.3 Å². The molecule has 3 aliphatic rings. The Balaban J connectivity index is 1.47. The molecule has 0 saturated carbocycles. The van der Waals surface area contributed by atoms with Crippen molar-refractivity contribution in [1.29, 1.82) is 0 Å². The van der Waals surface area contributed by atoms with Gasteiger partial charge in [0.2, 0.25) is 5.91 Å². The molecule has 2 aromatic rings. The number of fused-ring (bicyclic) bond motifs is 1. The average Bonchev–Trinajstić information content (AvgIpc) is 3.00. The molecule has 0 aromatic heterocycles. The Morgan fingerprint density at radius 2 is 1.34 bits per heavy atom. The zero-order valence-electron chi connectivity index (χ0n) is 21.6. The van der Waals surface area contributed by atoms with Crippen LogP contribution in [0.15, 0.2) is 47.6 Å². The van der Waals surface area contributed by atoms with Crippen molar-refractivity contribution in [3.05, 3.63) is 59.2 Å². The number of carbonyl (C=O) groups is 1. The number of benzene rings is 2. The van der Waals surface area contributed by atoms with Crippen molar-refractivity contribution in [2.24, 2.45) is 5.10 Å². The molecule has 1 unspecified atom stereocenters. The minimum Gasteiger partial charge on any atom is -0.369 e. The monoisotopic (exact) mass is 474 g/mol. The molecule has 35 heavy (non-hydrogen) atoms. The van der Waals surface area contributed by atoms with Crippen molar-refractivity contribution in [2.75, 3.05) is 76.3 Å². The first-order valence-corrected chi connectivity index (χ1v) is 12.9. The molecule has 3 aliphatic heterocycles. The van der Waals surface area contributed by atoms with Crippen LogP contribution in [0.1, 0.15) is 30.5 Å². The molecule has 5 rings (SSSR count). The van der Waals surface area contributed by atoms with Crippen LogP contribution in [-0.4, -0.2) is 98.9 Å². The van der Waals surface area contributed by atoms with Crippen LogP contribution in [0.2, 0.25) is 0 Å². The maximum Gasteiger partial charge on any atom is 0.239 e. The van der Waals surface area contributed by atoms with E-state index in [0.29, 0.717) is 0 Å². The first kappa shape index (κ1) is 23.8. The number of carbonyl (C=O) groups excluding carboxylic acids is 1. The van der Waals surface area contributed by atoms with Crippen LogP contribution in [0.25, 0.3) is 0 Å². The summed E-state index contributed by atoms with van der Waals surface area (Å²) in [4.78, 5) is 22.2. The van der Waals surface area contributed by atoms with E-state index in [1.165, 1.54) is 16.9 Å².